The average Bonchev–Trinajstić information content (AvgIpc) is 1.57. The minimum atomic E-state index is -0.281. The minimum absolute atomic E-state index is 0.281. The molecule has 4 aromatic heterocycles. The fourth-order valence-electron chi connectivity index (χ4n) is 23.1. The lowest BCUT2D eigenvalue weighted by molar-refractivity contribution is 0.327. The molecule has 696 valence electrons. The number of benzene rings is 9. The van der Waals surface area contributed by atoms with Gasteiger partial charge in [-0.15, -0.1) is 34.0 Å². The summed E-state index contributed by atoms with van der Waals surface area (Å²) in [6.45, 7) is 44.1. The third kappa shape index (κ3) is 22.2. The van der Waals surface area contributed by atoms with Gasteiger partial charge < -0.3 is 0 Å². The van der Waals surface area contributed by atoms with Gasteiger partial charge in [0.1, 0.15) is 15.0 Å². The highest BCUT2D eigenvalue weighted by Crippen LogP contribution is 2.61. The van der Waals surface area contributed by atoms with Crippen LogP contribution in [0.15, 0.2) is 182 Å². The first kappa shape index (κ1) is 96.8. The molecule has 6 nitrogen and oxygen atoms in total. The second-order valence-electron chi connectivity index (χ2n) is 44.9. The van der Waals surface area contributed by atoms with E-state index in [0.717, 1.165) is 143 Å². The molecule has 6 unspecified atom stereocenters. The molecule has 0 N–H and O–H groups in total. The molecule has 0 aliphatic heterocycles. The molecule has 4 heterocycles. The van der Waals surface area contributed by atoms with Crippen LogP contribution in [0, 0.1) is 71.0 Å². The van der Waals surface area contributed by atoms with Crippen LogP contribution in [0.2, 0.25) is 0 Å². The van der Waals surface area contributed by atoms with Crippen molar-refractivity contribution in [2.75, 3.05) is 0 Å². The SMILES string of the molecule is CC(C)CCCC(C)CCC1(CCC(C)CCCC(C)C)c2cc(-c3nc(-c4ccc5c(c4)C(CCC(C)CCCC(C)C)(CCC(C)CCCC(C)C)c4cc(-c6nc7ccccc7s6)ccc4-5)nc(-c4ccc5c(c4)C(CCC(C)CCCC(C)C)(CCC(C)CCCC(C)C)c4cc(-c6nc7ccccc7s6)ccc4-5)n3)ccc2-c2ccc(-c3nc4ccccc4s3)cc21. The van der Waals surface area contributed by atoms with Crippen LogP contribution in [-0.4, -0.2) is 29.9 Å². The predicted molar refractivity (Wildman–Crippen MR) is 573 cm³/mol. The number of rotatable bonds is 48. The summed E-state index contributed by atoms with van der Waals surface area (Å²) in [7, 11) is 0. The van der Waals surface area contributed by atoms with E-state index in [9.17, 15) is 0 Å². The highest BCUT2D eigenvalue weighted by atomic mass is 32.1. The summed E-state index contributed by atoms with van der Waals surface area (Å²) in [6, 6.07) is 71.2. The zero-order chi connectivity index (χ0) is 92.5. The molecule has 0 saturated heterocycles. The predicted octanol–water partition coefficient (Wildman–Crippen LogP) is 38.0. The maximum absolute atomic E-state index is 6.10. The zero-order valence-electron chi connectivity index (χ0n) is 83.9. The first-order valence-electron chi connectivity index (χ1n) is 52.4. The van der Waals surface area contributed by atoms with Gasteiger partial charge in [-0.1, -0.05) is 349 Å². The average molecular weight is 1810 g/mol. The molecule has 0 bridgehead atoms. The molecule has 9 heteroatoms. The Morgan fingerprint density at radius 2 is 0.394 bits per heavy atom. The van der Waals surface area contributed by atoms with E-state index in [1.54, 1.807) is 0 Å². The van der Waals surface area contributed by atoms with E-state index in [4.69, 9.17) is 29.9 Å². The van der Waals surface area contributed by atoms with Gasteiger partial charge in [0.2, 0.25) is 0 Å². The molecule has 0 spiro atoms. The second-order valence-corrected chi connectivity index (χ2v) is 48.0. The Morgan fingerprint density at radius 1 is 0.205 bits per heavy atom. The molecule has 6 atom stereocenters. The molecule has 16 rings (SSSR count). The Balaban J connectivity index is 0.909. The van der Waals surface area contributed by atoms with Crippen LogP contribution in [0.1, 0.15) is 351 Å². The third-order valence-corrected chi connectivity index (χ3v) is 34.6. The van der Waals surface area contributed by atoms with Crippen molar-refractivity contribution in [2.45, 2.75) is 333 Å². The lowest BCUT2D eigenvalue weighted by Gasteiger charge is -2.35. The fraction of sp³-hybridized carbons (Fsp3) is 0.512. The van der Waals surface area contributed by atoms with Crippen LogP contribution in [0.3, 0.4) is 0 Å². The number of hydrogen-bond acceptors (Lipinski definition) is 9. The highest BCUT2D eigenvalue weighted by molar-refractivity contribution is 7.22. The van der Waals surface area contributed by atoms with Gasteiger partial charge in [-0.3, -0.25) is 0 Å². The molecule has 0 radical (unpaired) electrons. The van der Waals surface area contributed by atoms with Crippen LogP contribution in [0.25, 0.3) is 130 Å². The van der Waals surface area contributed by atoms with Gasteiger partial charge >= 0.3 is 0 Å². The Bertz CT molecular complexity index is 5280. The molecule has 3 aliphatic rings. The summed E-state index contributed by atoms with van der Waals surface area (Å²) in [6.07, 6.45) is 36.0. The highest BCUT2D eigenvalue weighted by Gasteiger charge is 2.48. The van der Waals surface area contributed by atoms with Crippen molar-refractivity contribution in [3.05, 3.63) is 215 Å². The summed E-state index contributed by atoms with van der Waals surface area (Å²) >= 11 is 5.50. The number of hydrogen-bond donors (Lipinski definition) is 0. The monoisotopic (exact) mass is 1810 g/mol. The largest absolute Gasteiger partial charge is 0.236 e. The van der Waals surface area contributed by atoms with Gasteiger partial charge in [0.05, 0.1) is 30.6 Å². The van der Waals surface area contributed by atoms with Crippen LogP contribution in [0.5, 0.6) is 0 Å². The van der Waals surface area contributed by atoms with Crippen LogP contribution in [-0.2, 0) is 16.2 Å². The number of aromatic nitrogens is 6. The normalized spacial score (nSPS) is 17.6. The summed E-state index contributed by atoms with van der Waals surface area (Å²) < 4.78 is 3.70. The molecule has 132 heavy (non-hydrogen) atoms. The molecule has 9 aromatic carbocycles. The van der Waals surface area contributed by atoms with E-state index in [-0.39, 0.29) is 16.2 Å². The number of nitrogens with zero attached hydrogens (tertiary/aromatic N) is 6. The van der Waals surface area contributed by atoms with Crippen molar-refractivity contribution in [1.29, 1.82) is 0 Å². The zero-order valence-corrected chi connectivity index (χ0v) is 86.3. The Labute approximate surface area is 807 Å². The van der Waals surface area contributed by atoms with E-state index >= 15 is 0 Å². The lowest BCUT2D eigenvalue weighted by atomic mass is 9.68. The Kier molecular flexibility index (Phi) is 31.8. The molecule has 0 amide bonds. The first-order valence-corrected chi connectivity index (χ1v) is 54.9. The van der Waals surface area contributed by atoms with E-state index < -0.39 is 0 Å². The number of para-hydroxylation sites is 3. The Morgan fingerprint density at radius 3 is 0.591 bits per heavy atom. The van der Waals surface area contributed by atoms with Crippen molar-refractivity contribution < 1.29 is 0 Å². The van der Waals surface area contributed by atoms with Crippen molar-refractivity contribution in [3.8, 4) is 99.3 Å². The van der Waals surface area contributed by atoms with E-state index in [1.165, 1.54) is 213 Å². The van der Waals surface area contributed by atoms with E-state index in [0.29, 0.717) is 71.0 Å². The van der Waals surface area contributed by atoms with Crippen molar-refractivity contribution in [3.63, 3.8) is 0 Å². The maximum Gasteiger partial charge on any atom is 0.164 e. The second kappa shape index (κ2) is 43.3. The topological polar surface area (TPSA) is 77.3 Å². The smallest absolute Gasteiger partial charge is 0.164 e. The number of fused-ring (bicyclic) bond motifs is 12. The molecule has 0 saturated carbocycles. The Hall–Kier alpha value is -8.34. The van der Waals surface area contributed by atoms with Gasteiger partial charge in [0.25, 0.3) is 0 Å². The van der Waals surface area contributed by atoms with Crippen molar-refractivity contribution >= 4 is 64.7 Å². The molecular weight excluding hydrogens is 1660 g/mol. The fourth-order valence-corrected chi connectivity index (χ4v) is 26.0. The lowest BCUT2D eigenvalue weighted by Crippen LogP contribution is -2.27. The van der Waals surface area contributed by atoms with Crippen LogP contribution < -0.4 is 0 Å². The molecule has 13 aromatic rings. The van der Waals surface area contributed by atoms with Crippen LogP contribution >= 0.6 is 34.0 Å². The third-order valence-electron chi connectivity index (χ3n) is 31.4. The maximum atomic E-state index is 6.10. The van der Waals surface area contributed by atoms with E-state index in [2.05, 4.69) is 307 Å². The van der Waals surface area contributed by atoms with Gasteiger partial charge in [-0.2, -0.15) is 0 Å². The molecular formula is C123H156N6S3. The van der Waals surface area contributed by atoms with Crippen LogP contribution in [0.4, 0.5) is 0 Å². The quantitative estimate of drug-likeness (QED) is 0.0378. The summed E-state index contributed by atoms with van der Waals surface area (Å²) in [4.78, 5) is 34.5. The number of thiazole rings is 3. The van der Waals surface area contributed by atoms with Gasteiger partial charge in [-0.25, -0.2) is 29.9 Å². The van der Waals surface area contributed by atoms with Gasteiger partial charge in [0, 0.05) is 49.6 Å². The van der Waals surface area contributed by atoms with Gasteiger partial charge in [0.15, 0.2) is 17.5 Å². The standard InChI is InChI=1S/C123H156N6S3/c1-79(2)31-25-37-85(13)61-67-121(68-62-86(14)38-26-32-80(3)4)103-73-91(49-55-97(103)100-58-52-94(76-106(100)121)118-124-109-43-19-22-46-112(109)130-118)115-127-116(92-50-56-98-101-59-53-95(119-125-110-44-20-23-47-113(110)131-119)77-107(101)122(104(98)74-92,69-63-87(15)39-27-33-81(5)6)70-64-88(16)40-28-34-82(7)8)129-117(128-115)93-51-57-99-102-60-54-96(120-126-111-45-21-24-48-114(111)132-120)78-108(102)123(105(99)75-93,71-65-89(17)41-29-35-83(9)10)72-66-90(18)42-30-36-84(11)12/h19-24,43-60,73-90H,25-42,61-72H2,1-18H3. The minimum Gasteiger partial charge on any atom is -0.236 e. The van der Waals surface area contributed by atoms with Gasteiger partial charge in [-0.05, 0) is 288 Å². The van der Waals surface area contributed by atoms with Crippen molar-refractivity contribution in [2.24, 2.45) is 71.0 Å². The molecule has 3 aliphatic carbocycles. The summed E-state index contributed by atoms with van der Waals surface area (Å²) in [5.74, 6) is 9.84. The summed E-state index contributed by atoms with van der Waals surface area (Å²) in [5, 5.41) is 3.29. The first-order chi connectivity index (χ1) is 63.7. The van der Waals surface area contributed by atoms with E-state index in [1.807, 2.05) is 34.0 Å². The van der Waals surface area contributed by atoms with Crippen molar-refractivity contribution in [1.82, 2.24) is 29.9 Å². The summed E-state index contributed by atoms with van der Waals surface area (Å²) in [5.41, 5.74) is 26.1. The molecule has 0 fully saturated rings.